The van der Waals surface area contributed by atoms with Gasteiger partial charge in [-0.2, -0.15) is 4.31 Å². The smallest absolute Gasteiger partial charge is 0.374 e. The number of carbonyl (C=O) groups excluding carboxylic acids is 2. The number of sulfonamides is 1. The van der Waals surface area contributed by atoms with Crippen LogP contribution in [0.5, 0.6) is 0 Å². The Labute approximate surface area is 186 Å². The zero-order chi connectivity index (χ0) is 22.6. The summed E-state index contributed by atoms with van der Waals surface area (Å²) in [7, 11) is -2.16. The average molecular weight is 469 g/mol. The van der Waals surface area contributed by atoms with Crippen LogP contribution < -0.4 is 0 Å². The molecule has 0 atom stereocenters. The van der Waals surface area contributed by atoms with E-state index in [9.17, 15) is 18.0 Å². The molecule has 2 heterocycles. The van der Waals surface area contributed by atoms with Crippen molar-refractivity contribution in [3.05, 3.63) is 52.7 Å². The van der Waals surface area contributed by atoms with Crippen molar-refractivity contribution in [2.24, 2.45) is 5.92 Å². The first-order chi connectivity index (χ1) is 14.7. The molecule has 0 radical (unpaired) electrons. The zero-order valence-electron chi connectivity index (χ0n) is 17.4. The van der Waals surface area contributed by atoms with Gasteiger partial charge < -0.3 is 14.1 Å². The summed E-state index contributed by atoms with van der Waals surface area (Å²) in [5.41, 5.74) is 0.929. The van der Waals surface area contributed by atoms with Gasteiger partial charge in [-0.25, -0.2) is 13.2 Å². The molecule has 8 nitrogen and oxygen atoms in total. The van der Waals surface area contributed by atoms with E-state index in [1.54, 1.807) is 24.9 Å². The topological polar surface area (TPSA) is 97.1 Å². The number of hydrogen-bond acceptors (Lipinski definition) is 6. The van der Waals surface area contributed by atoms with E-state index in [1.807, 2.05) is 18.2 Å². The number of ether oxygens (including phenoxy) is 1. The Hall–Kier alpha value is -2.36. The van der Waals surface area contributed by atoms with E-state index >= 15 is 0 Å². The third kappa shape index (κ3) is 5.47. The first kappa shape index (κ1) is 23.3. The molecule has 0 aliphatic carbocycles. The molecule has 3 rings (SSSR count). The van der Waals surface area contributed by atoms with Crippen LogP contribution in [0.25, 0.3) is 0 Å². The quantitative estimate of drug-likeness (QED) is 0.579. The van der Waals surface area contributed by atoms with Gasteiger partial charge in [0.1, 0.15) is 0 Å². The van der Waals surface area contributed by atoms with Crippen LogP contribution in [0.3, 0.4) is 0 Å². The van der Waals surface area contributed by atoms with Crippen LogP contribution >= 0.6 is 11.6 Å². The predicted molar refractivity (Wildman–Crippen MR) is 114 cm³/mol. The van der Waals surface area contributed by atoms with E-state index in [4.69, 9.17) is 20.8 Å². The molecular weight excluding hydrogens is 444 g/mol. The molecule has 10 heteroatoms. The lowest BCUT2D eigenvalue weighted by atomic mass is 9.96. The molecule has 2 aromatic rings. The van der Waals surface area contributed by atoms with Crippen LogP contribution in [-0.4, -0.2) is 56.2 Å². The third-order valence-electron chi connectivity index (χ3n) is 5.14. The summed E-state index contributed by atoms with van der Waals surface area (Å²) >= 11 is 6.00. The number of hydrogen-bond donors (Lipinski definition) is 0. The molecular formula is C21H25ClN2O6S. The van der Waals surface area contributed by atoms with Crippen LogP contribution in [0, 0.1) is 5.92 Å². The number of furan rings is 1. The highest BCUT2D eigenvalue weighted by Gasteiger charge is 2.35. The van der Waals surface area contributed by atoms with Crippen LogP contribution in [0.1, 0.15) is 35.9 Å². The van der Waals surface area contributed by atoms with Crippen LogP contribution in [-0.2, 0) is 26.1 Å². The van der Waals surface area contributed by atoms with Crippen molar-refractivity contribution in [2.45, 2.75) is 31.4 Å². The molecule has 168 valence electrons. The summed E-state index contributed by atoms with van der Waals surface area (Å²) in [6, 6.07) is 9.86. The maximum Gasteiger partial charge on any atom is 0.374 e. The normalized spacial score (nSPS) is 15.6. The van der Waals surface area contributed by atoms with Crippen molar-refractivity contribution in [1.82, 2.24) is 9.21 Å². The Morgan fingerprint density at radius 1 is 1.23 bits per heavy atom. The van der Waals surface area contributed by atoms with E-state index in [1.165, 1.54) is 16.4 Å². The molecule has 0 unspecified atom stereocenters. The summed E-state index contributed by atoms with van der Waals surface area (Å²) < 4.78 is 37.0. The predicted octanol–water partition coefficient (Wildman–Crippen LogP) is 3.17. The summed E-state index contributed by atoms with van der Waals surface area (Å²) in [6.07, 6.45) is 0.812. The van der Waals surface area contributed by atoms with Crippen molar-refractivity contribution in [2.75, 3.05) is 26.7 Å². The SMILES string of the molecule is CCOC(=O)c1ccc(S(=O)(=O)N2CCC(C(=O)N(C)Cc3cccc(Cl)c3)CC2)o1. The lowest BCUT2D eigenvalue weighted by molar-refractivity contribution is -0.135. The fourth-order valence-corrected chi connectivity index (χ4v) is 5.13. The minimum absolute atomic E-state index is 0.0281. The average Bonchev–Trinajstić information content (AvgIpc) is 3.25. The van der Waals surface area contributed by atoms with Gasteiger partial charge in [-0.15, -0.1) is 0 Å². The van der Waals surface area contributed by atoms with Crippen molar-refractivity contribution in [1.29, 1.82) is 0 Å². The summed E-state index contributed by atoms with van der Waals surface area (Å²) in [4.78, 5) is 26.2. The lowest BCUT2D eigenvalue weighted by Gasteiger charge is -2.32. The molecule has 1 amide bonds. The van der Waals surface area contributed by atoms with E-state index in [0.29, 0.717) is 24.4 Å². The standard InChI is InChI=1S/C21H25ClN2O6S/c1-3-29-21(26)18-7-8-19(30-18)31(27,28)24-11-9-16(10-12-24)20(25)23(2)14-15-5-4-6-17(22)13-15/h4-8,13,16H,3,9-12,14H2,1-2H3. The highest BCUT2D eigenvalue weighted by molar-refractivity contribution is 7.89. The van der Waals surface area contributed by atoms with Gasteiger partial charge in [0.25, 0.3) is 10.0 Å². The van der Waals surface area contributed by atoms with E-state index in [0.717, 1.165) is 5.56 Å². The van der Waals surface area contributed by atoms with Gasteiger partial charge in [-0.1, -0.05) is 23.7 Å². The number of nitrogens with zero attached hydrogens (tertiary/aromatic N) is 2. The lowest BCUT2D eigenvalue weighted by Crippen LogP contribution is -2.43. The maximum absolute atomic E-state index is 12.8. The first-order valence-electron chi connectivity index (χ1n) is 9.99. The van der Waals surface area contributed by atoms with Crippen molar-refractivity contribution in [3.8, 4) is 0 Å². The number of amides is 1. The first-order valence-corrected chi connectivity index (χ1v) is 11.8. The number of halogens is 1. The molecule has 1 saturated heterocycles. The van der Waals surface area contributed by atoms with Gasteiger partial charge in [0.05, 0.1) is 6.61 Å². The van der Waals surface area contributed by atoms with E-state index in [-0.39, 0.29) is 42.4 Å². The van der Waals surface area contributed by atoms with Gasteiger partial charge in [0, 0.05) is 37.6 Å². The van der Waals surface area contributed by atoms with Crippen molar-refractivity contribution in [3.63, 3.8) is 0 Å². The van der Waals surface area contributed by atoms with Gasteiger partial charge in [-0.3, -0.25) is 4.79 Å². The highest BCUT2D eigenvalue weighted by Crippen LogP contribution is 2.26. The van der Waals surface area contributed by atoms with Crippen molar-refractivity contribution >= 4 is 33.5 Å². The Balaban J connectivity index is 1.59. The minimum atomic E-state index is -3.89. The molecule has 0 saturated carbocycles. The molecule has 31 heavy (non-hydrogen) atoms. The zero-order valence-corrected chi connectivity index (χ0v) is 19.0. The third-order valence-corrected chi connectivity index (χ3v) is 7.15. The number of piperidine rings is 1. The number of rotatable bonds is 7. The fourth-order valence-electron chi connectivity index (χ4n) is 3.54. The van der Waals surface area contributed by atoms with Gasteiger partial charge in [0.15, 0.2) is 0 Å². The number of esters is 1. The monoisotopic (exact) mass is 468 g/mol. The largest absolute Gasteiger partial charge is 0.460 e. The Morgan fingerprint density at radius 3 is 2.58 bits per heavy atom. The summed E-state index contributed by atoms with van der Waals surface area (Å²) in [5.74, 6) is -1.16. The van der Waals surface area contributed by atoms with Crippen LogP contribution in [0.4, 0.5) is 0 Å². The molecule has 1 aliphatic heterocycles. The second-order valence-corrected chi connectivity index (χ2v) is 9.65. The number of carbonyl (C=O) groups is 2. The molecule has 1 fully saturated rings. The van der Waals surface area contributed by atoms with Crippen LogP contribution in [0.15, 0.2) is 45.9 Å². The van der Waals surface area contributed by atoms with E-state index < -0.39 is 16.0 Å². The Kier molecular flexibility index (Phi) is 7.40. The van der Waals surface area contributed by atoms with Gasteiger partial charge in [0.2, 0.25) is 16.8 Å². The minimum Gasteiger partial charge on any atom is -0.460 e. The summed E-state index contributed by atoms with van der Waals surface area (Å²) in [5, 5.41) is 0.305. The summed E-state index contributed by atoms with van der Waals surface area (Å²) in [6.45, 7) is 2.63. The van der Waals surface area contributed by atoms with Crippen LogP contribution in [0.2, 0.25) is 5.02 Å². The second-order valence-electron chi connectivity index (χ2n) is 7.34. The molecule has 0 N–H and O–H groups in total. The van der Waals surface area contributed by atoms with Gasteiger partial charge >= 0.3 is 5.97 Å². The molecule has 0 spiro atoms. The molecule has 1 aliphatic rings. The molecule has 0 bridgehead atoms. The van der Waals surface area contributed by atoms with Gasteiger partial charge in [-0.05, 0) is 49.6 Å². The Bertz CT molecular complexity index is 1040. The van der Waals surface area contributed by atoms with E-state index in [2.05, 4.69) is 0 Å². The number of benzene rings is 1. The van der Waals surface area contributed by atoms with Crippen molar-refractivity contribution < 1.29 is 27.2 Å². The maximum atomic E-state index is 12.8. The fraction of sp³-hybridized carbons (Fsp3) is 0.429. The second kappa shape index (κ2) is 9.84. The highest BCUT2D eigenvalue weighted by atomic mass is 35.5. The Morgan fingerprint density at radius 2 is 1.94 bits per heavy atom. The molecule has 1 aromatic carbocycles. The molecule has 1 aromatic heterocycles.